The summed E-state index contributed by atoms with van der Waals surface area (Å²) in [6.45, 7) is 2.34. The topological polar surface area (TPSA) is 72.8 Å². The number of carboxylic acid groups (broad SMARTS) is 1. The Hall–Kier alpha value is -1.10. The van der Waals surface area contributed by atoms with Gasteiger partial charge in [0.15, 0.2) is 0 Å². The van der Waals surface area contributed by atoms with Gasteiger partial charge in [0.25, 0.3) is 0 Å². The van der Waals surface area contributed by atoms with Gasteiger partial charge in [0.05, 0.1) is 19.4 Å². The largest absolute Gasteiger partial charge is 0.481 e. The summed E-state index contributed by atoms with van der Waals surface area (Å²) >= 11 is 0. The summed E-state index contributed by atoms with van der Waals surface area (Å²) in [5.74, 6) is -1.66. The fourth-order valence-electron chi connectivity index (χ4n) is 0.561. The molecule has 0 radical (unpaired) electrons. The van der Waals surface area contributed by atoms with E-state index in [0.29, 0.717) is 6.61 Å². The third-order valence-electron chi connectivity index (χ3n) is 1.28. The van der Waals surface area contributed by atoms with Crippen molar-refractivity contribution in [1.82, 2.24) is 0 Å². The zero-order valence-corrected chi connectivity index (χ0v) is 7.62. The molecule has 5 heteroatoms. The van der Waals surface area contributed by atoms with Gasteiger partial charge in [0.2, 0.25) is 0 Å². The molecular formula is C8H14O5. The fraction of sp³-hybridized carbons (Fsp3) is 0.750. The Kier molecular flexibility index (Phi) is 6.91. The molecule has 0 aromatic rings. The van der Waals surface area contributed by atoms with Crippen LogP contribution in [0.2, 0.25) is 0 Å². The van der Waals surface area contributed by atoms with Gasteiger partial charge in [-0.05, 0) is 6.42 Å². The molecule has 0 aliphatic heterocycles. The van der Waals surface area contributed by atoms with Crippen LogP contribution in [0.3, 0.4) is 0 Å². The zero-order chi connectivity index (χ0) is 10.1. The second-order valence-electron chi connectivity index (χ2n) is 2.52. The molecule has 0 rings (SSSR count). The van der Waals surface area contributed by atoms with Crippen molar-refractivity contribution >= 4 is 11.9 Å². The van der Waals surface area contributed by atoms with Crippen LogP contribution in [-0.2, 0) is 19.4 Å². The van der Waals surface area contributed by atoms with Gasteiger partial charge in [-0.1, -0.05) is 13.3 Å². The van der Waals surface area contributed by atoms with E-state index in [0.717, 1.165) is 12.8 Å². The minimum Gasteiger partial charge on any atom is -0.481 e. The summed E-state index contributed by atoms with van der Waals surface area (Å²) in [6, 6.07) is 0. The van der Waals surface area contributed by atoms with Gasteiger partial charge < -0.3 is 5.11 Å². The minimum absolute atomic E-state index is 0.151. The summed E-state index contributed by atoms with van der Waals surface area (Å²) in [5, 5.41) is 8.22. The normalized spacial score (nSPS) is 9.62. The highest BCUT2D eigenvalue weighted by molar-refractivity contribution is 5.76. The third kappa shape index (κ3) is 8.81. The van der Waals surface area contributed by atoms with Crippen molar-refractivity contribution in [3.8, 4) is 0 Å². The maximum Gasteiger partial charge on any atom is 0.342 e. The Morgan fingerprint density at radius 3 is 2.54 bits per heavy atom. The Labute approximate surface area is 76.6 Å². The molecule has 0 aromatic heterocycles. The first kappa shape index (κ1) is 11.9. The Morgan fingerprint density at radius 2 is 2.00 bits per heavy atom. The summed E-state index contributed by atoms with van der Waals surface area (Å²) in [6.07, 6.45) is 1.39. The molecule has 0 atom stereocenters. The monoisotopic (exact) mass is 190 g/mol. The fourth-order valence-corrected chi connectivity index (χ4v) is 0.561. The lowest BCUT2D eigenvalue weighted by molar-refractivity contribution is -0.272. The Bertz CT molecular complexity index is 166. The highest BCUT2D eigenvalue weighted by Crippen LogP contribution is 1.95. The lowest BCUT2D eigenvalue weighted by Crippen LogP contribution is -2.08. The summed E-state index contributed by atoms with van der Waals surface area (Å²) in [5.41, 5.74) is 0. The van der Waals surface area contributed by atoms with Gasteiger partial charge in [0.1, 0.15) is 0 Å². The van der Waals surface area contributed by atoms with Crippen molar-refractivity contribution in [2.75, 3.05) is 6.61 Å². The first-order valence-corrected chi connectivity index (χ1v) is 4.21. The zero-order valence-electron chi connectivity index (χ0n) is 7.62. The van der Waals surface area contributed by atoms with E-state index in [2.05, 4.69) is 9.78 Å². The van der Waals surface area contributed by atoms with E-state index in [1.54, 1.807) is 0 Å². The molecule has 0 aromatic carbocycles. The highest BCUT2D eigenvalue weighted by atomic mass is 17.2. The van der Waals surface area contributed by atoms with Crippen LogP contribution in [0.5, 0.6) is 0 Å². The van der Waals surface area contributed by atoms with Gasteiger partial charge in [-0.3, -0.25) is 9.68 Å². The van der Waals surface area contributed by atoms with Crippen LogP contribution in [0, 0.1) is 0 Å². The summed E-state index contributed by atoms with van der Waals surface area (Å²) in [4.78, 5) is 29.5. The van der Waals surface area contributed by atoms with Crippen molar-refractivity contribution in [2.45, 2.75) is 32.6 Å². The molecule has 5 nitrogen and oxygen atoms in total. The number of aliphatic carboxylic acids is 1. The van der Waals surface area contributed by atoms with Crippen molar-refractivity contribution in [3.05, 3.63) is 0 Å². The van der Waals surface area contributed by atoms with Crippen LogP contribution in [0.1, 0.15) is 32.6 Å². The molecule has 0 bridgehead atoms. The van der Waals surface area contributed by atoms with E-state index < -0.39 is 11.9 Å². The number of carboxylic acids is 1. The van der Waals surface area contributed by atoms with Gasteiger partial charge in [-0.25, -0.2) is 4.79 Å². The quantitative estimate of drug-likeness (QED) is 0.370. The molecule has 0 saturated heterocycles. The number of carbonyl (C=O) groups is 2. The van der Waals surface area contributed by atoms with Gasteiger partial charge in [0, 0.05) is 0 Å². The summed E-state index contributed by atoms with van der Waals surface area (Å²) < 4.78 is 0. The van der Waals surface area contributed by atoms with E-state index in [-0.39, 0.29) is 12.8 Å². The lowest BCUT2D eigenvalue weighted by Gasteiger charge is -2.00. The van der Waals surface area contributed by atoms with Crippen LogP contribution in [-0.4, -0.2) is 23.7 Å². The molecule has 0 saturated carbocycles. The number of hydrogen-bond acceptors (Lipinski definition) is 4. The second kappa shape index (κ2) is 7.54. The predicted molar refractivity (Wildman–Crippen MR) is 43.8 cm³/mol. The molecule has 13 heavy (non-hydrogen) atoms. The number of unbranched alkanes of at least 4 members (excludes halogenated alkanes) is 1. The SMILES string of the molecule is CCCCOOC(=O)CCC(=O)O. The minimum atomic E-state index is -1.02. The van der Waals surface area contributed by atoms with E-state index in [1.807, 2.05) is 6.92 Å². The third-order valence-corrected chi connectivity index (χ3v) is 1.28. The molecular weight excluding hydrogens is 176 g/mol. The molecule has 0 spiro atoms. The van der Waals surface area contributed by atoms with Crippen molar-refractivity contribution in [3.63, 3.8) is 0 Å². The molecule has 0 amide bonds. The number of hydrogen-bond donors (Lipinski definition) is 1. The van der Waals surface area contributed by atoms with Crippen LogP contribution in [0.4, 0.5) is 0 Å². The van der Waals surface area contributed by atoms with Gasteiger partial charge >= 0.3 is 11.9 Å². The average Bonchev–Trinajstić information content (AvgIpc) is 2.09. The van der Waals surface area contributed by atoms with Crippen LogP contribution >= 0.6 is 0 Å². The molecule has 76 valence electrons. The molecule has 0 aliphatic rings. The molecule has 0 fully saturated rings. The van der Waals surface area contributed by atoms with Crippen LogP contribution in [0.15, 0.2) is 0 Å². The smallest absolute Gasteiger partial charge is 0.342 e. The van der Waals surface area contributed by atoms with E-state index in [1.165, 1.54) is 0 Å². The summed E-state index contributed by atoms with van der Waals surface area (Å²) in [7, 11) is 0. The highest BCUT2D eigenvalue weighted by Gasteiger charge is 2.06. The van der Waals surface area contributed by atoms with E-state index >= 15 is 0 Å². The molecule has 0 heterocycles. The molecule has 0 unspecified atom stereocenters. The maximum absolute atomic E-state index is 10.7. The standard InChI is InChI=1S/C8H14O5/c1-2-3-6-12-13-8(11)5-4-7(9)10/h2-6H2,1H3,(H,9,10). The van der Waals surface area contributed by atoms with Crippen molar-refractivity contribution in [2.24, 2.45) is 0 Å². The van der Waals surface area contributed by atoms with Crippen molar-refractivity contribution in [1.29, 1.82) is 0 Å². The van der Waals surface area contributed by atoms with E-state index in [9.17, 15) is 9.59 Å². The number of carbonyl (C=O) groups excluding carboxylic acids is 1. The first-order valence-electron chi connectivity index (χ1n) is 4.21. The van der Waals surface area contributed by atoms with Crippen LogP contribution in [0.25, 0.3) is 0 Å². The second-order valence-corrected chi connectivity index (χ2v) is 2.52. The van der Waals surface area contributed by atoms with Gasteiger partial charge in [-0.2, -0.15) is 4.89 Å². The van der Waals surface area contributed by atoms with Crippen molar-refractivity contribution < 1.29 is 24.5 Å². The maximum atomic E-state index is 10.7. The van der Waals surface area contributed by atoms with Crippen LogP contribution < -0.4 is 0 Å². The first-order chi connectivity index (χ1) is 6.16. The Balaban J connectivity index is 3.25. The lowest BCUT2D eigenvalue weighted by atomic mass is 10.3. The van der Waals surface area contributed by atoms with Gasteiger partial charge in [-0.15, -0.1) is 0 Å². The van der Waals surface area contributed by atoms with E-state index in [4.69, 9.17) is 5.11 Å². The predicted octanol–water partition coefficient (Wildman–Crippen LogP) is 1.13. The number of rotatable bonds is 7. The molecule has 1 N–H and O–H groups in total. The molecule has 0 aliphatic carbocycles. The Morgan fingerprint density at radius 1 is 1.31 bits per heavy atom. The average molecular weight is 190 g/mol.